The number of hydrogen-bond donors (Lipinski definition) is 1. The third-order valence-corrected chi connectivity index (χ3v) is 5.30. The highest BCUT2D eigenvalue weighted by Gasteiger charge is 2.47. The highest BCUT2D eigenvalue weighted by Crippen LogP contribution is 2.54. The van der Waals surface area contributed by atoms with Gasteiger partial charge in [-0.25, -0.2) is 0 Å². The molecule has 0 spiro atoms. The van der Waals surface area contributed by atoms with Gasteiger partial charge in [-0.05, 0) is 59.2 Å². The van der Waals surface area contributed by atoms with Crippen LogP contribution in [0.2, 0.25) is 0 Å². The summed E-state index contributed by atoms with van der Waals surface area (Å²) in [5.41, 5.74) is 0. The molecule has 3 rings (SSSR count). The van der Waals surface area contributed by atoms with E-state index in [9.17, 15) is 4.79 Å². The molecule has 2 aliphatic carbocycles. The molecule has 1 heterocycles. The zero-order chi connectivity index (χ0) is 11.1. The molecule has 1 amide bonds. The monoisotopic (exact) mass is 299 g/mol. The predicted octanol–water partition coefficient (Wildman–Crippen LogP) is 3.17. The second kappa shape index (κ2) is 4.15. The molecule has 0 aliphatic heterocycles. The Balaban J connectivity index is 1.49. The minimum atomic E-state index is 0.261. The number of carbonyl (C=O) groups excluding carboxylic acids is 1. The van der Waals surface area contributed by atoms with Gasteiger partial charge in [0.05, 0.1) is 10.3 Å². The summed E-state index contributed by atoms with van der Waals surface area (Å²) in [5.74, 6) is 2.32. The topological polar surface area (TPSA) is 29.1 Å². The van der Waals surface area contributed by atoms with Crippen molar-refractivity contribution in [3.8, 4) is 0 Å². The molecule has 86 valence electrons. The molecule has 1 aromatic rings. The van der Waals surface area contributed by atoms with E-state index in [4.69, 9.17) is 0 Å². The Kier molecular flexibility index (Phi) is 2.80. The predicted molar refractivity (Wildman–Crippen MR) is 68.2 cm³/mol. The average molecular weight is 300 g/mol. The SMILES string of the molecule is O=C(NCc1ccc(Br)s1)C1CC2CC2C1. The van der Waals surface area contributed by atoms with E-state index in [1.807, 2.05) is 6.07 Å². The highest BCUT2D eigenvalue weighted by atomic mass is 79.9. The molecule has 0 saturated heterocycles. The summed E-state index contributed by atoms with van der Waals surface area (Å²) in [6.07, 6.45) is 3.64. The number of fused-ring (bicyclic) bond motifs is 1. The maximum atomic E-state index is 11.9. The van der Waals surface area contributed by atoms with Crippen molar-refractivity contribution in [1.82, 2.24) is 5.32 Å². The fraction of sp³-hybridized carbons (Fsp3) is 0.583. The second-order valence-electron chi connectivity index (χ2n) is 4.85. The van der Waals surface area contributed by atoms with E-state index in [-0.39, 0.29) is 5.91 Å². The Morgan fingerprint density at radius 1 is 1.38 bits per heavy atom. The lowest BCUT2D eigenvalue weighted by atomic mass is 10.0. The van der Waals surface area contributed by atoms with Crippen LogP contribution in [0.3, 0.4) is 0 Å². The summed E-state index contributed by atoms with van der Waals surface area (Å²) in [6.45, 7) is 0.681. The van der Waals surface area contributed by atoms with E-state index in [0.29, 0.717) is 12.5 Å². The van der Waals surface area contributed by atoms with Gasteiger partial charge in [-0.3, -0.25) is 4.79 Å². The van der Waals surface area contributed by atoms with Gasteiger partial charge in [-0.15, -0.1) is 11.3 Å². The van der Waals surface area contributed by atoms with E-state index >= 15 is 0 Å². The van der Waals surface area contributed by atoms with Crippen LogP contribution in [0, 0.1) is 17.8 Å². The van der Waals surface area contributed by atoms with Crippen LogP contribution < -0.4 is 5.32 Å². The van der Waals surface area contributed by atoms with Crippen molar-refractivity contribution in [3.63, 3.8) is 0 Å². The number of thiophene rings is 1. The first-order chi connectivity index (χ1) is 7.72. The third-order valence-electron chi connectivity index (χ3n) is 3.68. The molecule has 2 nitrogen and oxygen atoms in total. The summed E-state index contributed by atoms with van der Waals surface area (Å²) < 4.78 is 1.12. The zero-order valence-corrected chi connectivity index (χ0v) is 11.3. The summed E-state index contributed by atoms with van der Waals surface area (Å²) in [5, 5.41) is 3.05. The van der Waals surface area contributed by atoms with Crippen LogP contribution in [-0.2, 0) is 11.3 Å². The van der Waals surface area contributed by atoms with Gasteiger partial charge in [0, 0.05) is 10.8 Å². The number of nitrogens with one attached hydrogen (secondary N) is 1. The Bertz CT molecular complexity index is 407. The van der Waals surface area contributed by atoms with Crippen molar-refractivity contribution in [2.24, 2.45) is 17.8 Å². The molecule has 1 aromatic heterocycles. The van der Waals surface area contributed by atoms with Crippen LogP contribution in [0.15, 0.2) is 15.9 Å². The van der Waals surface area contributed by atoms with Gasteiger partial charge in [0.1, 0.15) is 0 Å². The Hall–Kier alpha value is -0.350. The number of amides is 1. The van der Waals surface area contributed by atoms with Crippen molar-refractivity contribution in [1.29, 1.82) is 0 Å². The van der Waals surface area contributed by atoms with Crippen LogP contribution in [0.5, 0.6) is 0 Å². The number of carbonyl (C=O) groups is 1. The lowest BCUT2D eigenvalue weighted by molar-refractivity contribution is -0.125. The highest BCUT2D eigenvalue weighted by molar-refractivity contribution is 9.11. The first-order valence-corrected chi connectivity index (χ1v) is 7.35. The summed E-state index contributed by atoms with van der Waals surface area (Å²) >= 11 is 5.11. The van der Waals surface area contributed by atoms with Crippen LogP contribution in [0.25, 0.3) is 0 Å². The minimum Gasteiger partial charge on any atom is -0.351 e. The minimum absolute atomic E-state index is 0.261. The molecule has 2 aliphatic rings. The third kappa shape index (κ3) is 2.18. The lowest BCUT2D eigenvalue weighted by Crippen LogP contribution is -2.29. The largest absolute Gasteiger partial charge is 0.351 e. The summed E-state index contributed by atoms with van der Waals surface area (Å²) in [4.78, 5) is 13.1. The average Bonchev–Trinajstić information content (AvgIpc) is 2.71. The normalized spacial score (nSPS) is 31.2. The Labute approximate surface area is 108 Å². The first-order valence-electron chi connectivity index (χ1n) is 5.74. The van der Waals surface area contributed by atoms with Gasteiger partial charge in [-0.1, -0.05) is 0 Å². The molecular formula is C12H14BrNOS. The molecular weight excluding hydrogens is 286 g/mol. The number of rotatable bonds is 3. The second-order valence-corrected chi connectivity index (χ2v) is 7.40. The fourth-order valence-electron chi connectivity index (χ4n) is 2.69. The molecule has 0 bridgehead atoms. The van der Waals surface area contributed by atoms with Gasteiger partial charge >= 0.3 is 0 Å². The molecule has 2 unspecified atom stereocenters. The molecule has 2 atom stereocenters. The quantitative estimate of drug-likeness (QED) is 0.912. The molecule has 0 radical (unpaired) electrons. The van der Waals surface area contributed by atoms with E-state index in [2.05, 4.69) is 27.3 Å². The van der Waals surface area contributed by atoms with Crippen LogP contribution in [-0.4, -0.2) is 5.91 Å². The van der Waals surface area contributed by atoms with Crippen LogP contribution >= 0.6 is 27.3 Å². The van der Waals surface area contributed by atoms with Gasteiger partial charge in [-0.2, -0.15) is 0 Å². The van der Waals surface area contributed by atoms with Crippen LogP contribution in [0.4, 0.5) is 0 Å². The summed E-state index contributed by atoms with van der Waals surface area (Å²) in [7, 11) is 0. The smallest absolute Gasteiger partial charge is 0.223 e. The summed E-state index contributed by atoms with van der Waals surface area (Å²) in [6, 6.07) is 4.08. The molecule has 2 fully saturated rings. The van der Waals surface area contributed by atoms with Crippen molar-refractivity contribution < 1.29 is 4.79 Å². The molecule has 4 heteroatoms. The maximum absolute atomic E-state index is 11.9. The number of halogens is 1. The number of hydrogen-bond acceptors (Lipinski definition) is 2. The Morgan fingerprint density at radius 2 is 2.12 bits per heavy atom. The van der Waals surface area contributed by atoms with Gasteiger partial charge < -0.3 is 5.32 Å². The van der Waals surface area contributed by atoms with Crippen molar-refractivity contribution in [2.75, 3.05) is 0 Å². The van der Waals surface area contributed by atoms with Gasteiger partial charge in [0.25, 0.3) is 0 Å². The van der Waals surface area contributed by atoms with Crippen molar-refractivity contribution in [3.05, 3.63) is 20.8 Å². The van der Waals surface area contributed by atoms with E-state index < -0.39 is 0 Å². The lowest BCUT2D eigenvalue weighted by Gasteiger charge is -2.11. The van der Waals surface area contributed by atoms with Gasteiger partial charge in [0.2, 0.25) is 5.91 Å². The van der Waals surface area contributed by atoms with Crippen molar-refractivity contribution >= 4 is 33.2 Å². The first kappa shape index (κ1) is 10.8. The van der Waals surface area contributed by atoms with E-state index in [1.54, 1.807) is 11.3 Å². The van der Waals surface area contributed by atoms with E-state index in [1.165, 1.54) is 11.3 Å². The molecule has 16 heavy (non-hydrogen) atoms. The molecule has 0 aromatic carbocycles. The van der Waals surface area contributed by atoms with Gasteiger partial charge in [0.15, 0.2) is 0 Å². The molecule has 1 N–H and O–H groups in total. The van der Waals surface area contributed by atoms with Crippen molar-refractivity contribution in [2.45, 2.75) is 25.8 Å². The fourth-order valence-corrected chi connectivity index (χ4v) is 4.12. The van der Waals surface area contributed by atoms with Crippen LogP contribution in [0.1, 0.15) is 24.1 Å². The molecule has 2 saturated carbocycles. The van der Waals surface area contributed by atoms with E-state index in [0.717, 1.165) is 28.5 Å². The Morgan fingerprint density at radius 3 is 2.75 bits per heavy atom. The zero-order valence-electron chi connectivity index (χ0n) is 8.91. The standard InChI is InChI=1S/C12H14BrNOS/c13-11-2-1-10(16-11)6-14-12(15)9-4-7-3-8(7)5-9/h1-2,7-9H,3-6H2,(H,14,15). The maximum Gasteiger partial charge on any atom is 0.223 e.